The van der Waals surface area contributed by atoms with Crippen molar-refractivity contribution in [2.24, 2.45) is 23.7 Å². The van der Waals surface area contributed by atoms with Crippen LogP contribution >= 0.6 is 0 Å². The number of aromatic nitrogens is 2. The van der Waals surface area contributed by atoms with Crippen LogP contribution < -0.4 is 15.1 Å². The average Bonchev–Trinajstić information content (AvgIpc) is 2.85. The number of aliphatic hydroxyl groups is 1. The molecule has 4 aliphatic carbocycles. The summed E-state index contributed by atoms with van der Waals surface area (Å²) in [5.74, 6) is 3.09. The molecule has 2 heterocycles. The molecular weight excluding hydrogens is 469 g/mol. The van der Waals surface area contributed by atoms with Crippen LogP contribution in [0.15, 0.2) is 30.5 Å². The molecule has 198 valence electrons. The van der Waals surface area contributed by atoms with Gasteiger partial charge in [-0.25, -0.2) is 14.4 Å². The molecule has 0 unspecified atom stereocenters. The number of piperazine rings is 1. The number of carbonyl (C=O) groups is 1. The monoisotopic (exact) mass is 507 g/mol. The van der Waals surface area contributed by atoms with Crippen LogP contribution in [-0.2, 0) is 5.60 Å². The maximum absolute atomic E-state index is 14.9. The van der Waals surface area contributed by atoms with Gasteiger partial charge in [0.1, 0.15) is 11.5 Å². The quantitative estimate of drug-likeness (QED) is 0.634. The Morgan fingerprint density at radius 1 is 1.08 bits per heavy atom. The van der Waals surface area contributed by atoms with Crippen molar-refractivity contribution in [1.29, 1.82) is 0 Å². The molecule has 4 saturated carbocycles. The maximum Gasteiger partial charge on any atom is 0.270 e. The molecule has 0 spiro atoms. The highest BCUT2D eigenvalue weighted by molar-refractivity contribution is 5.92. The molecule has 1 saturated heterocycles. The second-order valence-corrected chi connectivity index (χ2v) is 12.4. The molecule has 2 N–H and O–H groups in total. The molecule has 4 bridgehead atoms. The summed E-state index contributed by atoms with van der Waals surface area (Å²) in [6, 6.07) is 6.96. The van der Waals surface area contributed by atoms with E-state index >= 15 is 0 Å². The van der Waals surface area contributed by atoms with E-state index in [4.69, 9.17) is 0 Å². The molecule has 5 aliphatic rings. The molecule has 2 aromatic rings. The standard InChI is InChI=1S/C29H38FN5O2/c1-17-16-34(25-5-4-22(15-23(25)30)29(2,3)37)8-9-35(17)28-31-7-6-24(32-28)27(36)33-26-20-11-18-10-19(13-20)14-21(26)12-18/h4-7,15,17-21,26,37H,8-14,16H2,1-3H3,(H,33,36)/t17-,18?,19?,20?,21?,26?/m1/s1. The van der Waals surface area contributed by atoms with Gasteiger partial charge in [-0.15, -0.1) is 0 Å². The molecule has 7 nitrogen and oxygen atoms in total. The summed E-state index contributed by atoms with van der Waals surface area (Å²) in [7, 11) is 0. The van der Waals surface area contributed by atoms with Crippen molar-refractivity contribution in [3.8, 4) is 0 Å². The third-order valence-electron chi connectivity index (χ3n) is 9.28. The van der Waals surface area contributed by atoms with Gasteiger partial charge in [0, 0.05) is 37.9 Å². The predicted octanol–water partition coefficient (Wildman–Crippen LogP) is 4.11. The second kappa shape index (κ2) is 9.22. The van der Waals surface area contributed by atoms with Crippen LogP contribution in [0, 0.1) is 29.5 Å². The molecule has 1 aromatic carbocycles. The third-order valence-corrected chi connectivity index (χ3v) is 9.28. The number of nitrogens with zero attached hydrogens (tertiary/aromatic N) is 4. The van der Waals surface area contributed by atoms with E-state index < -0.39 is 5.60 Å². The molecule has 8 heteroatoms. The highest BCUT2D eigenvalue weighted by Crippen LogP contribution is 2.53. The van der Waals surface area contributed by atoms with Crippen LogP contribution in [0.4, 0.5) is 16.0 Å². The zero-order chi connectivity index (χ0) is 25.9. The van der Waals surface area contributed by atoms with Gasteiger partial charge in [0.15, 0.2) is 0 Å². The SMILES string of the molecule is C[C@@H]1CN(c2ccc(C(C)(C)O)cc2F)CCN1c1nccc(C(=O)NC2C3CC4CC(C3)CC2C4)n1. The van der Waals surface area contributed by atoms with Crippen LogP contribution in [0.25, 0.3) is 0 Å². The Hall–Kier alpha value is -2.74. The Labute approximate surface area is 218 Å². The topological polar surface area (TPSA) is 81.6 Å². The van der Waals surface area contributed by atoms with Crippen molar-refractivity contribution >= 4 is 17.5 Å². The summed E-state index contributed by atoms with van der Waals surface area (Å²) in [6.45, 7) is 7.21. The van der Waals surface area contributed by atoms with Crippen molar-refractivity contribution in [2.75, 3.05) is 29.4 Å². The largest absolute Gasteiger partial charge is 0.386 e. The molecule has 1 amide bonds. The van der Waals surface area contributed by atoms with E-state index in [2.05, 4.69) is 27.1 Å². The number of hydrogen-bond acceptors (Lipinski definition) is 6. The van der Waals surface area contributed by atoms with Crippen molar-refractivity contribution in [1.82, 2.24) is 15.3 Å². The third kappa shape index (κ3) is 4.69. The number of carbonyl (C=O) groups excluding carboxylic acids is 1. The first-order valence-corrected chi connectivity index (χ1v) is 13.8. The summed E-state index contributed by atoms with van der Waals surface area (Å²) in [4.78, 5) is 26.5. The lowest BCUT2D eigenvalue weighted by atomic mass is 9.54. The van der Waals surface area contributed by atoms with E-state index in [1.807, 2.05) is 4.90 Å². The highest BCUT2D eigenvalue weighted by Gasteiger charge is 2.48. The molecule has 7 rings (SSSR count). The summed E-state index contributed by atoms with van der Waals surface area (Å²) < 4.78 is 14.9. The van der Waals surface area contributed by atoms with Gasteiger partial charge in [0.25, 0.3) is 5.91 Å². The fourth-order valence-corrected chi connectivity index (χ4v) is 7.62. The minimum Gasteiger partial charge on any atom is -0.386 e. The van der Waals surface area contributed by atoms with E-state index in [0.717, 1.165) is 11.8 Å². The first kappa shape index (κ1) is 24.6. The lowest BCUT2D eigenvalue weighted by Crippen LogP contribution is -2.56. The van der Waals surface area contributed by atoms with Crippen LogP contribution in [0.1, 0.15) is 68.9 Å². The Bertz CT molecular complexity index is 1150. The van der Waals surface area contributed by atoms with Crippen molar-refractivity contribution in [2.45, 2.75) is 70.6 Å². The minimum atomic E-state index is -1.09. The van der Waals surface area contributed by atoms with E-state index in [9.17, 15) is 14.3 Å². The van der Waals surface area contributed by atoms with Gasteiger partial charge < -0.3 is 20.2 Å². The van der Waals surface area contributed by atoms with E-state index in [1.54, 1.807) is 38.2 Å². The fraction of sp³-hybridized carbons (Fsp3) is 0.621. The predicted molar refractivity (Wildman–Crippen MR) is 141 cm³/mol. The summed E-state index contributed by atoms with van der Waals surface area (Å²) in [5.41, 5.74) is 0.416. The van der Waals surface area contributed by atoms with E-state index in [1.165, 1.54) is 38.2 Å². The Morgan fingerprint density at radius 2 is 1.78 bits per heavy atom. The maximum atomic E-state index is 14.9. The van der Waals surface area contributed by atoms with Crippen LogP contribution in [0.2, 0.25) is 0 Å². The number of anilines is 2. The smallest absolute Gasteiger partial charge is 0.270 e. The van der Waals surface area contributed by atoms with Gasteiger partial charge in [-0.05, 0) is 100 Å². The van der Waals surface area contributed by atoms with Crippen LogP contribution in [-0.4, -0.2) is 52.7 Å². The molecule has 37 heavy (non-hydrogen) atoms. The highest BCUT2D eigenvalue weighted by atomic mass is 19.1. The molecular formula is C29H38FN5O2. The lowest BCUT2D eigenvalue weighted by molar-refractivity contribution is -0.0120. The Balaban J connectivity index is 1.12. The number of halogens is 1. The minimum absolute atomic E-state index is 0.0323. The zero-order valence-electron chi connectivity index (χ0n) is 22.0. The molecule has 1 atom stereocenters. The fourth-order valence-electron chi connectivity index (χ4n) is 7.62. The number of rotatable bonds is 5. The van der Waals surface area contributed by atoms with Crippen LogP contribution in [0.5, 0.6) is 0 Å². The first-order valence-electron chi connectivity index (χ1n) is 13.8. The Kier molecular flexibility index (Phi) is 6.13. The van der Waals surface area contributed by atoms with Crippen molar-refractivity contribution in [3.63, 3.8) is 0 Å². The number of benzene rings is 1. The summed E-state index contributed by atoms with van der Waals surface area (Å²) in [6.07, 6.45) is 8.10. The second-order valence-electron chi connectivity index (χ2n) is 12.4. The van der Waals surface area contributed by atoms with Gasteiger partial charge in [0.05, 0.1) is 11.3 Å². The number of amides is 1. The van der Waals surface area contributed by atoms with Crippen LogP contribution in [0.3, 0.4) is 0 Å². The normalized spacial score (nSPS) is 31.1. The van der Waals surface area contributed by atoms with Gasteiger partial charge in [-0.1, -0.05) is 6.07 Å². The van der Waals surface area contributed by atoms with E-state index in [0.29, 0.717) is 54.4 Å². The van der Waals surface area contributed by atoms with Gasteiger partial charge in [-0.2, -0.15) is 0 Å². The van der Waals surface area contributed by atoms with Gasteiger partial charge in [0.2, 0.25) is 5.95 Å². The average molecular weight is 508 g/mol. The number of hydrogen-bond donors (Lipinski definition) is 2. The van der Waals surface area contributed by atoms with Crippen molar-refractivity contribution < 1.29 is 14.3 Å². The lowest BCUT2D eigenvalue weighted by Gasteiger charge is -2.54. The van der Waals surface area contributed by atoms with Crippen molar-refractivity contribution in [3.05, 3.63) is 47.5 Å². The van der Waals surface area contributed by atoms with Gasteiger partial charge >= 0.3 is 0 Å². The summed E-state index contributed by atoms with van der Waals surface area (Å²) in [5, 5.41) is 13.5. The summed E-state index contributed by atoms with van der Waals surface area (Å²) >= 11 is 0. The Morgan fingerprint density at radius 3 is 2.41 bits per heavy atom. The van der Waals surface area contributed by atoms with E-state index in [-0.39, 0.29) is 23.8 Å². The first-order chi connectivity index (χ1) is 17.7. The zero-order valence-corrected chi connectivity index (χ0v) is 22.0. The number of nitrogens with one attached hydrogen (secondary N) is 1. The molecule has 5 fully saturated rings. The molecule has 0 radical (unpaired) electrons. The molecule has 1 aromatic heterocycles. The van der Waals surface area contributed by atoms with Gasteiger partial charge in [-0.3, -0.25) is 4.79 Å². The molecule has 1 aliphatic heterocycles.